The maximum absolute atomic E-state index is 12.1. The van der Waals surface area contributed by atoms with E-state index in [-0.39, 0.29) is 5.91 Å². The third-order valence-corrected chi connectivity index (χ3v) is 4.51. The number of hydrogen-bond acceptors (Lipinski definition) is 2. The standard InChI is InChI=1S/C12H12Cl3NO2/c1-11(6-12(11,14)15)10(17)16-8-5-7(13)3-4-9(8)18-2/h3-5H,6H2,1-2H3,(H,16,17). The third-order valence-electron chi connectivity index (χ3n) is 3.17. The molecule has 1 unspecified atom stereocenters. The minimum Gasteiger partial charge on any atom is -0.495 e. The molecular formula is C12H12Cl3NO2. The molecule has 18 heavy (non-hydrogen) atoms. The summed E-state index contributed by atoms with van der Waals surface area (Å²) in [6.07, 6.45) is 0.428. The van der Waals surface area contributed by atoms with E-state index in [2.05, 4.69) is 5.32 Å². The van der Waals surface area contributed by atoms with Gasteiger partial charge in [-0.1, -0.05) is 11.6 Å². The van der Waals surface area contributed by atoms with Crippen LogP contribution in [0.5, 0.6) is 5.75 Å². The van der Waals surface area contributed by atoms with Crippen LogP contribution in [0.1, 0.15) is 13.3 Å². The lowest BCUT2D eigenvalue weighted by Crippen LogP contribution is -2.26. The summed E-state index contributed by atoms with van der Waals surface area (Å²) in [7, 11) is 1.52. The summed E-state index contributed by atoms with van der Waals surface area (Å²) in [5.41, 5.74) is -0.268. The second-order valence-corrected chi connectivity index (χ2v) is 6.43. The van der Waals surface area contributed by atoms with E-state index in [1.54, 1.807) is 25.1 Å². The fourth-order valence-corrected chi connectivity index (χ4v) is 2.56. The van der Waals surface area contributed by atoms with Crippen molar-refractivity contribution in [2.24, 2.45) is 5.41 Å². The lowest BCUT2D eigenvalue weighted by molar-refractivity contribution is -0.120. The van der Waals surface area contributed by atoms with Gasteiger partial charge in [0.25, 0.3) is 0 Å². The van der Waals surface area contributed by atoms with Gasteiger partial charge in [0.05, 0.1) is 18.2 Å². The van der Waals surface area contributed by atoms with Crippen LogP contribution in [0.15, 0.2) is 18.2 Å². The summed E-state index contributed by atoms with van der Waals surface area (Å²) in [5, 5.41) is 3.25. The molecule has 0 bridgehead atoms. The molecule has 1 atom stereocenters. The van der Waals surface area contributed by atoms with Gasteiger partial charge in [-0.15, -0.1) is 23.2 Å². The number of ether oxygens (including phenoxy) is 1. The first-order valence-electron chi connectivity index (χ1n) is 5.33. The van der Waals surface area contributed by atoms with Gasteiger partial charge >= 0.3 is 0 Å². The molecule has 2 rings (SSSR count). The number of benzene rings is 1. The number of halogens is 3. The zero-order chi connectivity index (χ0) is 13.6. The van der Waals surface area contributed by atoms with Crippen LogP contribution in [0.4, 0.5) is 5.69 Å². The summed E-state index contributed by atoms with van der Waals surface area (Å²) in [4.78, 5) is 12.1. The van der Waals surface area contributed by atoms with Crippen molar-refractivity contribution in [3.63, 3.8) is 0 Å². The Kier molecular flexibility index (Phi) is 3.43. The molecule has 1 amide bonds. The molecule has 0 aromatic heterocycles. The van der Waals surface area contributed by atoms with Gasteiger partial charge in [-0.3, -0.25) is 4.79 Å². The Bertz CT molecular complexity index is 504. The van der Waals surface area contributed by atoms with Gasteiger partial charge in [-0.25, -0.2) is 0 Å². The summed E-state index contributed by atoms with van der Waals surface area (Å²) < 4.78 is 4.15. The molecule has 0 saturated heterocycles. The van der Waals surface area contributed by atoms with Crippen molar-refractivity contribution < 1.29 is 9.53 Å². The Labute approximate surface area is 120 Å². The van der Waals surface area contributed by atoms with E-state index in [4.69, 9.17) is 39.5 Å². The fraction of sp³-hybridized carbons (Fsp3) is 0.417. The Morgan fingerprint density at radius 3 is 2.56 bits per heavy atom. The highest BCUT2D eigenvalue weighted by Gasteiger charge is 2.67. The van der Waals surface area contributed by atoms with Crippen molar-refractivity contribution in [1.82, 2.24) is 0 Å². The third kappa shape index (κ3) is 2.27. The number of methoxy groups -OCH3 is 1. The molecule has 1 aromatic carbocycles. The summed E-state index contributed by atoms with van der Waals surface area (Å²) in [6.45, 7) is 1.72. The topological polar surface area (TPSA) is 38.3 Å². The van der Waals surface area contributed by atoms with Crippen LogP contribution in [0, 0.1) is 5.41 Å². The van der Waals surface area contributed by atoms with Crippen molar-refractivity contribution in [2.45, 2.75) is 17.7 Å². The number of hydrogen-bond donors (Lipinski definition) is 1. The molecule has 0 heterocycles. The largest absolute Gasteiger partial charge is 0.495 e. The maximum Gasteiger partial charge on any atom is 0.233 e. The highest BCUT2D eigenvalue weighted by molar-refractivity contribution is 6.53. The number of carbonyl (C=O) groups excluding carboxylic acids is 1. The predicted octanol–water partition coefficient (Wildman–Crippen LogP) is 3.87. The molecular weight excluding hydrogens is 296 g/mol. The second-order valence-electron chi connectivity index (χ2n) is 4.51. The lowest BCUT2D eigenvalue weighted by atomic mass is 10.1. The van der Waals surface area contributed by atoms with E-state index in [9.17, 15) is 4.79 Å². The summed E-state index contributed by atoms with van der Waals surface area (Å²) >= 11 is 17.8. The normalized spacial score (nSPS) is 24.5. The van der Waals surface area contributed by atoms with Crippen LogP contribution in [0.25, 0.3) is 0 Å². The van der Waals surface area contributed by atoms with E-state index in [1.807, 2.05) is 0 Å². The summed E-state index contributed by atoms with van der Waals surface area (Å²) in [5.74, 6) is 0.291. The van der Waals surface area contributed by atoms with Gasteiger partial charge in [0.15, 0.2) is 0 Å². The van der Waals surface area contributed by atoms with Gasteiger partial charge in [0.2, 0.25) is 5.91 Å². The number of alkyl halides is 2. The monoisotopic (exact) mass is 307 g/mol. The Balaban J connectivity index is 2.20. The number of carbonyl (C=O) groups is 1. The van der Waals surface area contributed by atoms with Crippen LogP contribution >= 0.6 is 34.8 Å². The van der Waals surface area contributed by atoms with Gasteiger partial charge in [0.1, 0.15) is 10.1 Å². The quantitative estimate of drug-likeness (QED) is 0.861. The number of rotatable bonds is 3. The Hall–Kier alpha value is -0.640. The minimum absolute atomic E-state index is 0.243. The van der Waals surface area contributed by atoms with Crippen LogP contribution in [0.2, 0.25) is 5.02 Å². The fourth-order valence-electron chi connectivity index (χ4n) is 1.68. The van der Waals surface area contributed by atoms with E-state index < -0.39 is 9.75 Å². The molecule has 0 radical (unpaired) electrons. The van der Waals surface area contributed by atoms with E-state index in [1.165, 1.54) is 7.11 Å². The maximum atomic E-state index is 12.1. The van der Waals surface area contributed by atoms with E-state index >= 15 is 0 Å². The van der Waals surface area contributed by atoms with Gasteiger partial charge < -0.3 is 10.1 Å². The van der Waals surface area contributed by atoms with Crippen molar-refractivity contribution in [2.75, 3.05) is 12.4 Å². The second kappa shape index (κ2) is 4.48. The predicted molar refractivity (Wildman–Crippen MR) is 73.8 cm³/mol. The van der Waals surface area contributed by atoms with Gasteiger partial charge in [-0.2, -0.15) is 0 Å². The van der Waals surface area contributed by atoms with Crippen LogP contribution in [-0.2, 0) is 4.79 Å². The molecule has 1 aromatic rings. The highest BCUT2D eigenvalue weighted by atomic mass is 35.5. The first-order chi connectivity index (χ1) is 8.30. The SMILES string of the molecule is COc1ccc(Cl)cc1NC(=O)C1(C)CC1(Cl)Cl. The van der Waals surface area contributed by atoms with Gasteiger partial charge in [-0.05, 0) is 31.5 Å². The first-order valence-corrected chi connectivity index (χ1v) is 6.46. The summed E-state index contributed by atoms with van der Waals surface area (Å²) in [6, 6.07) is 4.98. The molecule has 98 valence electrons. The molecule has 1 fully saturated rings. The molecule has 0 aliphatic heterocycles. The van der Waals surface area contributed by atoms with Crippen molar-refractivity contribution in [3.05, 3.63) is 23.2 Å². The van der Waals surface area contributed by atoms with Gasteiger partial charge in [0, 0.05) is 5.02 Å². The lowest BCUT2D eigenvalue weighted by Gasteiger charge is -2.15. The number of anilines is 1. The van der Waals surface area contributed by atoms with E-state index in [0.29, 0.717) is 22.9 Å². The highest BCUT2D eigenvalue weighted by Crippen LogP contribution is 2.64. The average molecular weight is 309 g/mol. The molecule has 1 aliphatic rings. The van der Waals surface area contributed by atoms with Crippen LogP contribution < -0.4 is 10.1 Å². The number of amides is 1. The molecule has 1 aliphatic carbocycles. The average Bonchev–Trinajstić information content (AvgIpc) is 2.80. The van der Waals surface area contributed by atoms with Crippen molar-refractivity contribution in [3.8, 4) is 5.75 Å². The molecule has 0 spiro atoms. The Morgan fingerprint density at radius 2 is 2.06 bits per heavy atom. The zero-order valence-corrected chi connectivity index (χ0v) is 12.2. The molecule has 3 nitrogen and oxygen atoms in total. The van der Waals surface area contributed by atoms with Crippen molar-refractivity contribution >= 4 is 46.4 Å². The molecule has 6 heteroatoms. The Morgan fingerprint density at radius 1 is 1.44 bits per heavy atom. The number of nitrogens with one attached hydrogen (secondary N) is 1. The smallest absolute Gasteiger partial charge is 0.233 e. The zero-order valence-electron chi connectivity index (χ0n) is 9.89. The molecule has 1 N–H and O–H groups in total. The van der Waals surface area contributed by atoms with Crippen LogP contribution in [0.3, 0.4) is 0 Å². The minimum atomic E-state index is -0.997. The van der Waals surface area contributed by atoms with Crippen LogP contribution in [-0.4, -0.2) is 17.4 Å². The van der Waals surface area contributed by atoms with E-state index in [0.717, 1.165) is 0 Å². The molecule has 1 saturated carbocycles. The first kappa shape index (κ1) is 13.8. The van der Waals surface area contributed by atoms with Crippen molar-refractivity contribution in [1.29, 1.82) is 0 Å².